The van der Waals surface area contributed by atoms with E-state index in [4.69, 9.17) is 9.47 Å². The van der Waals surface area contributed by atoms with Gasteiger partial charge in [-0.25, -0.2) is 0 Å². The van der Waals surface area contributed by atoms with E-state index in [1.54, 1.807) is 12.4 Å². The molecule has 3 saturated heterocycles. The minimum atomic E-state index is -0.0848. The SMILES string of the molecule is O=C(Cc1cccnc1)N1C[C@@H]2OCC(=O)N(C3CCOCC3)[C@H]2C1. The molecule has 0 unspecified atom stereocenters. The van der Waals surface area contributed by atoms with Crippen LogP contribution < -0.4 is 0 Å². The summed E-state index contributed by atoms with van der Waals surface area (Å²) in [7, 11) is 0. The molecule has 2 amide bonds. The molecule has 0 saturated carbocycles. The zero-order valence-corrected chi connectivity index (χ0v) is 14.2. The van der Waals surface area contributed by atoms with E-state index in [1.807, 2.05) is 21.9 Å². The van der Waals surface area contributed by atoms with Gasteiger partial charge in [0.25, 0.3) is 0 Å². The lowest BCUT2D eigenvalue weighted by Gasteiger charge is -2.43. The number of aromatic nitrogens is 1. The number of hydrogen-bond acceptors (Lipinski definition) is 5. The summed E-state index contributed by atoms with van der Waals surface area (Å²) in [5.41, 5.74) is 0.903. The van der Waals surface area contributed by atoms with E-state index in [2.05, 4.69) is 4.98 Å². The molecular formula is C18H23N3O4. The van der Waals surface area contributed by atoms with E-state index in [9.17, 15) is 9.59 Å². The lowest BCUT2D eigenvalue weighted by atomic mass is 10.0. The second-order valence-corrected chi connectivity index (χ2v) is 6.90. The number of hydrogen-bond donors (Lipinski definition) is 0. The van der Waals surface area contributed by atoms with Crippen molar-refractivity contribution in [2.45, 2.75) is 37.5 Å². The summed E-state index contributed by atoms with van der Waals surface area (Å²) in [6.07, 6.45) is 5.38. The first-order valence-corrected chi connectivity index (χ1v) is 8.89. The smallest absolute Gasteiger partial charge is 0.249 e. The third kappa shape index (κ3) is 3.39. The summed E-state index contributed by atoms with van der Waals surface area (Å²) in [6, 6.07) is 3.90. The van der Waals surface area contributed by atoms with Crippen LogP contribution in [-0.2, 0) is 25.5 Å². The monoisotopic (exact) mass is 345 g/mol. The van der Waals surface area contributed by atoms with Crippen LogP contribution in [0.2, 0.25) is 0 Å². The van der Waals surface area contributed by atoms with E-state index >= 15 is 0 Å². The number of carbonyl (C=O) groups excluding carboxylic acids is 2. The number of ether oxygens (including phenoxy) is 2. The van der Waals surface area contributed by atoms with Crippen LogP contribution in [0, 0.1) is 0 Å². The largest absolute Gasteiger partial charge is 0.381 e. The first-order chi connectivity index (χ1) is 12.2. The normalized spacial score (nSPS) is 27.4. The van der Waals surface area contributed by atoms with Gasteiger partial charge >= 0.3 is 0 Å². The molecular weight excluding hydrogens is 322 g/mol. The fraction of sp³-hybridized carbons (Fsp3) is 0.611. The maximum Gasteiger partial charge on any atom is 0.249 e. The Hall–Kier alpha value is -1.99. The molecule has 3 aliphatic heterocycles. The standard InChI is InChI=1S/C18H23N3O4/c22-17(8-13-2-1-5-19-9-13)20-10-15-16(11-20)25-12-18(23)21(15)14-3-6-24-7-4-14/h1-2,5,9,14-16H,3-4,6-8,10-12H2/t15-,16-/m0/s1. The summed E-state index contributed by atoms with van der Waals surface area (Å²) >= 11 is 0. The molecule has 3 aliphatic rings. The van der Waals surface area contributed by atoms with Crippen LogP contribution in [0.1, 0.15) is 18.4 Å². The number of carbonyl (C=O) groups is 2. The summed E-state index contributed by atoms with van der Waals surface area (Å²) in [4.78, 5) is 33.0. The first-order valence-electron chi connectivity index (χ1n) is 8.89. The summed E-state index contributed by atoms with van der Waals surface area (Å²) in [5.74, 6) is 0.0973. The van der Waals surface area contributed by atoms with Gasteiger partial charge in [0.15, 0.2) is 0 Å². The number of amides is 2. The van der Waals surface area contributed by atoms with Gasteiger partial charge in [-0.15, -0.1) is 0 Å². The van der Waals surface area contributed by atoms with E-state index < -0.39 is 0 Å². The maximum atomic E-state index is 12.6. The molecule has 134 valence electrons. The van der Waals surface area contributed by atoms with Crippen LogP contribution in [0.4, 0.5) is 0 Å². The summed E-state index contributed by atoms with van der Waals surface area (Å²) in [5, 5.41) is 0. The van der Waals surface area contributed by atoms with E-state index in [1.165, 1.54) is 0 Å². The lowest BCUT2D eigenvalue weighted by molar-refractivity contribution is -0.159. The molecule has 0 N–H and O–H groups in total. The molecule has 0 radical (unpaired) electrons. The Labute approximate surface area is 146 Å². The zero-order valence-electron chi connectivity index (χ0n) is 14.2. The van der Waals surface area contributed by atoms with Crippen molar-refractivity contribution in [3.05, 3.63) is 30.1 Å². The molecule has 25 heavy (non-hydrogen) atoms. The predicted molar refractivity (Wildman–Crippen MR) is 88.7 cm³/mol. The molecule has 4 heterocycles. The second-order valence-electron chi connectivity index (χ2n) is 6.90. The summed E-state index contributed by atoms with van der Waals surface area (Å²) < 4.78 is 11.2. The fourth-order valence-electron chi connectivity index (χ4n) is 4.06. The van der Waals surface area contributed by atoms with Gasteiger partial charge in [-0.05, 0) is 24.5 Å². The molecule has 0 aliphatic carbocycles. The van der Waals surface area contributed by atoms with Crippen molar-refractivity contribution >= 4 is 11.8 Å². The number of likely N-dealkylation sites (tertiary alicyclic amines) is 1. The topological polar surface area (TPSA) is 72.0 Å². The highest BCUT2D eigenvalue weighted by atomic mass is 16.5. The molecule has 2 atom stereocenters. The van der Waals surface area contributed by atoms with Crippen LogP contribution in [0.5, 0.6) is 0 Å². The van der Waals surface area contributed by atoms with Gasteiger partial charge in [0, 0.05) is 44.7 Å². The summed E-state index contributed by atoms with van der Waals surface area (Å²) in [6.45, 7) is 2.60. The van der Waals surface area contributed by atoms with Crippen molar-refractivity contribution in [3.63, 3.8) is 0 Å². The highest BCUT2D eigenvalue weighted by molar-refractivity contribution is 5.81. The van der Waals surface area contributed by atoms with Crippen molar-refractivity contribution in [1.29, 1.82) is 0 Å². The third-order valence-corrected chi connectivity index (χ3v) is 5.32. The van der Waals surface area contributed by atoms with Crippen LogP contribution in [0.15, 0.2) is 24.5 Å². The Kier molecular flexibility index (Phi) is 4.67. The van der Waals surface area contributed by atoms with Crippen LogP contribution in [-0.4, -0.2) is 77.7 Å². The van der Waals surface area contributed by atoms with Crippen molar-refractivity contribution < 1.29 is 19.1 Å². The maximum absolute atomic E-state index is 12.6. The minimum Gasteiger partial charge on any atom is -0.381 e. The Morgan fingerprint density at radius 1 is 1.28 bits per heavy atom. The molecule has 4 rings (SSSR count). The van der Waals surface area contributed by atoms with Gasteiger partial charge in [0.2, 0.25) is 11.8 Å². The second kappa shape index (κ2) is 7.09. The van der Waals surface area contributed by atoms with Crippen molar-refractivity contribution in [1.82, 2.24) is 14.8 Å². The molecule has 0 aromatic carbocycles. The Balaban J connectivity index is 1.45. The number of morpholine rings is 1. The average Bonchev–Trinajstić information content (AvgIpc) is 3.07. The zero-order chi connectivity index (χ0) is 17.2. The quantitative estimate of drug-likeness (QED) is 0.785. The molecule has 7 nitrogen and oxygen atoms in total. The van der Waals surface area contributed by atoms with E-state index in [-0.39, 0.29) is 36.6 Å². The van der Waals surface area contributed by atoms with Crippen molar-refractivity contribution in [2.24, 2.45) is 0 Å². The van der Waals surface area contributed by atoms with Gasteiger partial charge in [0.1, 0.15) is 6.61 Å². The number of fused-ring (bicyclic) bond motifs is 1. The van der Waals surface area contributed by atoms with E-state index in [0.29, 0.717) is 32.7 Å². The van der Waals surface area contributed by atoms with Gasteiger partial charge in [-0.3, -0.25) is 14.6 Å². The van der Waals surface area contributed by atoms with Crippen LogP contribution >= 0.6 is 0 Å². The lowest BCUT2D eigenvalue weighted by Crippen LogP contribution is -2.58. The van der Waals surface area contributed by atoms with E-state index in [0.717, 1.165) is 18.4 Å². The number of pyridine rings is 1. The number of nitrogens with zero attached hydrogens (tertiary/aromatic N) is 3. The van der Waals surface area contributed by atoms with Crippen LogP contribution in [0.3, 0.4) is 0 Å². The average molecular weight is 345 g/mol. The molecule has 7 heteroatoms. The Morgan fingerprint density at radius 2 is 2.12 bits per heavy atom. The van der Waals surface area contributed by atoms with Gasteiger partial charge < -0.3 is 19.3 Å². The number of rotatable bonds is 3. The predicted octanol–water partition coefficient (Wildman–Crippen LogP) is 0.241. The van der Waals surface area contributed by atoms with Gasteiger partial charge in [-0.2, -0.15) is 0 Å². The van der Waals surface area contributed by atoms with Gasteiger partial charge in [-0.1, -0.05) is 6.07 Å². The Bertz CT molecular complexity index is 632. The molecule has 3 fully saturated rings. The highest BCUT2D eigenvalue weighted by Crippen LogP contribution is 2.29. The van der Waals surface area contributed by atoms with Crippen molar-refractivity contribution in [2.75, 3.05) is 32.9 Å². The van der Waals surface area contributed by atoms with Gasteiger partial charge in [0.05, 0.1) is 18.6 Å². The molecule has 1 aromatic rings. The molecule has 0 spiro atoms. The highest BCUT2D eigenvalue weighted by Gasteiger charge is 2.46. The first kappa shape index (κ1) is 16.5. The van der Waals surface area contributed by atoms with Crippen LogP contribution in [0.25, 0.3) is 0 Å². The third-order valence-electron chi connectivity index (χ3n) is 5.32. The molecule has 1 aromatic heterocycles. The van der Waals surface area contributed by atoms with Crippen molar-refractivity contribution in [3.8, 4) is 0 Å². The minimum absolute atomic E-state index is 0.0368. The fourth-order valence-corrected chi connectivity index (χ4v) is 4.06. The Morgan fingerprint density at radius 3 is 2.88 bits per heavy atom. The molecule has 0 bridgehead atoms.